The van der Waals surface area contributed by atoms with Crippen LogP contribution in [0.1, 0.15) is 10.4 Å². The highest BCUT2D eigenvalue weighted by Crippen LogP contribution is 2.65. The van der Waals surface area contributed by atoms with E-state index in [1.807, 2.05) is 0 Å². The predicted octanol–water partition coefficient (Wildman–Crippen LogP) is 6.57. The van der Waals surface area contributed by atoms with E-state index in [9.17, 15) is 96.3 Å². The Hall–Kier alpha value is -2.09. The van der Waals surface area contributed by atoms with E-state index in [2.05, 4.69) is 3.63 Å². The third kappa shape index (κ3) is 6.56. The topological polar surface area (TPSA) is 94.6 Å². The van der Waals surface area contributed by atoms with Crippen LogP contribution in [-0.2, 0) is 23.6 Å². The van der Waals surface area contributed by atoms with Gasteiger partial charge in [0, 0.05) is 11.8 Å². The van der Waals surface area contributed by atoms with Gasteiger partial charge in [0.15, 0.2) is 15.6 Å². The number of hydrogen-bond donors (Lipinski definition) is 0. The van der Waals surface area contributed by atoms with E-state index in [0.29, 0.717) is 12.5 Å². The van der Waals surface area contributed by atoms with Crippen LogP contribution in [0.25, 0.3) is 0 Å². The zero-order chi connectivity index (χ0) is 36.5. The summed E-state index contributed by atoms with van der Waals surface area (Å²) in [5.41, 5.74) is -0.536. The molecule has 45 heavy (non-hydrogen) atoms. The first-order chi connectivity index (χ1) is 19.3. The molecule has 0 aliphatic heterocycles. The Bertz CT molecular complexity index is 1500. The van der Waals surface area contributed by atoms with Crippen molar-refractivity contribution in [3.8, 4) is 0 Å². The zero-order valence-corrected chi connectivity index (χ0v) is 24.1. The number of ketones is 1. The lowest BCUT2D eigenvalue weighted by molar-refractivity contribution is -0.458. The first-order valence-corrected chi connectivity index (χ1v) is 16.4. The molecular formula is C19H15F17O6S3. The molecule has 1 aromatic carbocycles. The van der Waals surface area contributed by atoms with Crippen LogP contribution in [0.5, 0.6) is 0 Å². The first kappa shape index (κ1) is 40.9. The van der Waals surface area contributed by atoms with Crippen molar-refractivity contribution in [2.24, 2.45) is 0 Å². The standard InChI is InChI=1S/C19H15F17O6S3/c1-43(2,8-11(37)9-4-6-10(7-5-9)44(3,38)39)42-45(40,41)19(35,36)17(30,31)15(26,27)13(22,23)12(20,21)14(24,25)16(28,29)18(32,33)34/h4-7H,8H2,1-3H3. The number of alkyl halides is 17. The van der Waals surface area contributed by atoms with Crippen LogP contribution in [0.15, 0.2) is 29.2 Å². The van der Waals surface area contributed by atoms with Gasteiger partial charge in [-0.2, -0.15) is 83.1 Å². The number of benzene rings is 1. The van der Waals surface area contributed by atoms with Gasteiger partial charge in [0.1, 0.15) is 0 Å². The van der Waals surface area contributed by atoms with E-state index < -0.39 is 99.2 Å². The Labute approximate surface area is 242 Å². The molecule has 0 spiro atoms. The van der Waals surface area contributed by atoms with Crippen molar-refractivity contribution in [3.05, 3.63) is 29.8 Å². The fraction of sp³-hybridized carbons (Fsp3) is 0.632. The molecule has 0 unspecified atom stereocenters. The average Bonchev–Trinajstić information content (AvgIpc) is 2.80. The molecule has 0 saturated carbocycles. The minimum atomic E-state index is -8.99. The van der Waals surface area contributed by atoms with Crippen molar-refractivity contribution in [1.82, 2.24) is 0 Å². The minimum absolute atomic E-state index is 0.363. The highest BCUT2D eigenvalue weighted by Gasteiger charge is 2.96. The SMILES string of the molecule is CS(C)(CC(=O)c1ccc(S(C)(=O)=O)cc1)OS(=O)(=O)C(F)(F)C(F)(F)C(F)(F)C(F)(F)C(F)(F)C(F)(F)C(F)(F)C(F)(F)F. The predicted molar refractivity (Wildman–Crippen MR) is 119 cm³/mol. The van der Waals surface area contributed by atoms with Crippen molar-refractivity contribution >= 4 is 36.0 Å². The Kier molecular flexibility index (Phi) is 10.2. The molecule has 1 rings (SSSR count). The van der Waals surface area contributed by atoms with Gasteiger partial charge in [0.2, 0.25) is 0 Å². The maximum absolute atomic E-state index is 14.3. The van der Waals surface area contributed by atoms with Crippen LogP contribution in [0.4, 0.5) is 74.6 Å². The number of carbonyl (C=O) groups excluding carboxylic acids is 1. The lowest BCUT2D eigenvalue weighted by atomic mass is 9.91. The van der Waals surface area contributed by atoms with Gasteiger partial charge in [0.05, 0.1) is 10.6 Å². The van der Waals surface area contributed by atoms with E-state index in [1.54, 1.807) is 0 Å². The molecule has 0 saturated heterocycles. The second-order valence-corrected chi connectivity index (χ2v) is 16.4. The second-order valence-electron chi connectivity index (χ2n) is 9.28. The van der Waals surface area contributed by atoms with Crippen molar-refractivity contribution < 1.29 is 99.9 Å². The molecule has 0 amide bonds. The van der Waals surface area contributed by atoms with Gasteiger partial charge >= 0.3 is 57.1 Å². The molecule has 0 fully saturated rings. The lowest BCUT2D eigenvalue weighted by Crippen LogP contribution is -2.75. The van der Waals surface area contributed by atoms with Crippen LogP contribution in [0.3, 0.4) is 0 Å². The van der Waals surface area contributed by atoms with Crippen molar-refractivity contribution in [2.75, 3.05) is 24.5 Å². The molecule has 0 heterocycles. The Morgan fingerprint density at radius 2 is 0.911 bits per heavy atom. The van der Waals surface area contributed by atoms with Gasteiger partial charge in [-0.05, 0) is 24.6 Å². The lowest BCUT2D eigenvalue weighted by Gasteiger charge is -2.42. The Balaban J connectivity index is 3.54. The van der Waals surface area contributed by atoms with Crippen LogP contribution in [-0.4, -0.2) is 94.1 Å². The van der Waals surface area contributed by atoms with Crippen LogP contribution >= 0.6 is 10.3 Å². The zero-order valence-electron chi connectivity index (χ0n) is 21.6. The summed E-state index contributed by atoms with van der Waals surface area (Å²) < 4.78 is 279. The highest BCUT2D eigenvalue weighted by atomic mass is 32.3. The Morgan fingerprint density at radius 1 is 0.578 bits per heavy atom. The fourth-order valence-electron chi connectivity index (χ4n) is 2.90. The third-order valence-corrected chi connectivity index (χ3v) is 10.5. The average molecular weight is 758 g/mol. The van der Waals surface area contributed by atoms with Gasteiger partial charge < -0.3 is 0 Å². The minimum Gasteiger partial charge on any atom is -0.293 e. The van der Waals surface area contributed by atoms with Crippen molar-refractivity contribution in [3.63, 3.8) is 0 Å². The van der Waals surface area contributed by atoms with E-state index in [0.717, 1.165) is 30.5 Å². The number of carbonyl (C=O) groups is 1. The van der Waals surface area contributed by atoms with Crippen LogP contribution in [0.2, 0.25) is 0 Å². The monoisotopic (exact) mass is 758 g/mol. The molecule has 6 nitrogen and oxygen atoms in total. The Morgan fingerprint density at radius 3 is 1.24 bits per heavy atom. The van der Waals surface area contributed by atoms with E-state index in [-0.39, 0.29) is 0 Å². The molecule has 0 aromatic heterocycles. The first-order valence-electron chi connectivity index (χ1n) is 10.5. The quantitative estimate of drug-likeness (QED) is 0.167. The van der Waals surface area contributed by atoms with Crippen molar-refractivity contribution in [2.45, 2.75) is 51.9 Å². The van der Waals surface area contributed by atoms with Crippen molar-refractivity contribution in [1.29, 1.82) is 0 Å². The molecule has 0 aliphatic rings. The molecule has 0 atom stereocenters. The largest absolute Gasteiger partial charge is 0.460 e. The van der Waals surface area contributed by atoms with E-state index >= 15 is 0 Å². The van der Waals surface area contributed by atoms with E-state index in [4.69, 9.17) is 0 Å². The molecule has 264 valence electrons. The number of halogens is 17. The van der Waals surface area contributed by atoms with Crippen LogP contribution < -0.4 is 0 Å². The number of Topliss-reactive ketones (excluding diaryl/α,β-unsaturated/α-hetero) is 1. The molecule has 0 radical (unpaired) electrons. The molecule has 0 N–H and O–H groups in total. The number of hydrogen-bond acceptors (Lipinski definition) is 6. The summed E-state index contributed by atoms with van der Waals surface area (Å²) in [5, 5.41) is -7.88. The highest BCUT2D eigenvalue weighted by molar-refractivity contribution is 8.32. The van der Waals surface area contributed by atoms with Gasteiger partial charge in [-0.3, -0.25) is 4.79 Å². The van der Waals surface area contributed by atoms with Gasteiger partial charge in [-0.25, -0.2) is 12.0 Å². The normalized spacial score (nSPS) is 16.1. The van der Waals surface area contributed by atoms with Crippen LogP contribution in [0, 0.1) is 0 Å². The smallest absolute Gasteiger partial charge is 0.293 e. The summed E-state index contributed by atoms with van der Waals surface area (Å²) in [7, 11) is -15.8. The summed E-state index contributed by atoms with van der Waals surface area (Å²) in [4.78, 5) is 12.0. The van der Waals surface area contributed by atoms with E-state index in [1.165, 1.54) is 0 Å². The maximum Gasteiger partial charge on any atom is 0.460 e. The number of sulfone groups is 1. The summed E-state index contributed by atoms with van der Waals surface area (Å²) in [6, 6.07) is 3.10. The molecule has 0 bridgehead atoms. The number of rotatable bonds is 13. The maximum atomic E-state index is 14.3. The van der Waals surface area contributed by atoms with Gasteiger partial charge in [-0.15, -0.1) is 10.3 Å². The summed E-state index contributed by atoms with van der Waals surface area (Å²) >= 11 is 0. The third-order valence-electron chi connectivity index (χ3n) is 5.36. The fourth-order valence-corrected chi connectivity index (χ4v) is 7.25. The molecule has 26 heteroatoms. The second kappa shape index (κ2) is 11.3. The molecular weight excluding hydrogens is 743 g/mol. The van der Waals surface area contributed by atoms with Gasteiger partial charge in [-0.1, -0.05) is 12.1 Å². The summed E-state index contributed by atoms with van der Waals surface area (Å²) in [5.74, 6) is -55.3. The van der Waals surface area contributed by atoms with Gasteiger partial charge in [0.25, 0.3) is 0 Å². The molecule has 1 aromatic rings. The summed E-state index contributed by atoms with van der Waals surface area (Å²) in [6.45, 7) is 0. The summed E-state index contributed by atoms with van der Waals surface area (Å²) in [6.07, 6.45) is -6.50. The molecule has 0 aliphatic carbocycles.